The molecule has 0 saturated carbocycles. The molecular formula is C17H13F3N2O3. The number of halogens is 3. The van der Waals surface area contributed by atoms with E-state index < -0.39 is 28.5 Å². The standard InChI is InChI=1S/C17H13F3N2O3/c18-17(19,20)14-9-11(6-7-16(14)22(23)24)8-13-10-15(21-25-13)12-4-2-1-3-5-12/h1-7,9-10,13,21H,8H2. The first-order chi connectivity index (χ1) is 11.8. The summed E-state index contributed by atoms with van der Waals surface area (Å²) >= 11 is 0. The Morgan fingerprint density at radius 3 is 2.52 bits per heavy atom. The van der Waals surface area contributed by atoms with Crippen molar-refractivity contribution >= 4 is 11.4 Å². The highest BCUT2D eigenvalue weighted by atomic mass is 19.4. The Morgan fingerprint density at radius 1 is 1.16 bits per heavy atom. The summed E-state index contributed by atoms with van der Waals surface area (Å²) in [5, 5.41) is 10.8. The van der Waals surface area contributed by atoms with Gasteiger partial charge in [0.15, 0.2) is 0 Å². The van der Waals surface area contributed by atoms with Crippen LogP contribution in [0.1, 0.15) is 16.7 Å². The Hall–Kier alpha value is -2.87. The Morgan fingerprint density at radius 2 is 1.88 bits per heavy atom. The number of hydrogen-bond acceptors (Lipinski definition) is 4. The van der Waals surface area contributed by atoms with E-state index in [4.69, 9.17) is 4.84 Å². The maximum Gasteiger partial charge on any atom is 0.423 e. The monoisotopic (exact) mass is 350 g/mol. The van der Waals surface area contributed by atoms with E-state index in [2.05, 4.69) is 5.48 Å². The molecule has 0 spiro atoms. The number of benzene rings is 2. The van der Waals surface area contributed by atoms with Crippen molar-refractivity contribution in [2.24, 2.45) is 0 Å². The van der Waals surface area contributed by atoms with Crippen LogP contribution in [0, 0.1) is 10.1 Å². The Kier molecular flexibility index (Phi) is 4.45. The Bertz CT molecular complexity index is 820. The Balaban J connectivity index is 1.82. The van der Waals surface area contributed by atoms with E-state index in [1.165, 1.54) is 6.07 Å². The molecule has 1 heterocycles. The summed E-state index contributed by atoms with van der Waals surface area (Å²) in [6.45, 7) is 0. The van der Waals surface area contributed by atoms with E-state index in [1.807, 2.05) is 30.3 Å². The summed E-state index contributed by atoms with van der Waals surface area (Å²) in [6, 6.07) is 12.3. The predicted molar refractivity (Wildman–Crippen MR) is 84.2 cm³/mol. The average Bonchev–Trinajstić information content (AvgIpc) is 3.03. The quantitative estimate of drug-likeness (QED) is 0.666. The number of nitro groups is 1. The second-order valence-corrected chi connectivity index (χ2v) is 5.52. The molecule has 0 aliphatic carbocycles. The SMILES string of the molecule is O=[N+]([O-])c1ccc(CC2C=C(c3ccccc3)NO2)cc1C(F)(F)F. The van der Waals surface area contributed by atoms with E-state index in [0.717, 1.165) is 23.4 Å². The fraction of sp³-hybridized carbons (Fsp3) is 0.176. The van der Waals surface area contributed by atoms with Crippen molar-refractivity contribution in [2.45, 2.75) is 18.7 Å². The van der Waals surface area contributed by atoms with Gasteiger partial charge in [0, 0.05) is 12.5 Å². The number of alkyl halides is 3. The van der Waals surface area contributed by atoms with E-state index in [1.54, 1.807) is 6.08 Å². The zero-order valence-electron chi connectivity index (χ0n) is 12.8. The van der Waals surface area contributed by atoms with Gasteiger partial charge in [-0.2, -0.15) is 13.2 Å². The van der Waals surface area contributed by atoms with Crippen molar-refractivity contribution in [2.75, 3.05) is 0 Å². The molecule has 0 aromatic heterocycles. The van der Waals surface area contributed by atoms with Crippen LogP contribution < -0.4 is 5.48 Å². The Labute approximate surface area is 140 Å². The van der Waals surface area contributed by atoms with E-state index >= 15 is 0 Å². The molecule has 1 unspecified atom stereocenters. The summed E-state index contributed by atoms with van der Waals surface area (Å²) in [7, 11) is 0. The van der Waals surface area contributed by atoms with Gasteiger partial charge in [-0.25, -0.2) is 0 Å². The first-order valence-electron chi connectivity index (χ1n) is 7.38. The van der Waals surface area contributed by atoms with Crippen LogP contribution in [-0.2, 0) is 17.4 Å². The summed E-state index contributed by atoms with van der Waals surface area (Å²) in [4.78, 5) is 15.1. The van der Waals surface area contributed by atoms with Crippen LogP contribution in [-0.4, -0.2) is 11.0 Å². The summed E-state index contributed by atoms with van der Waals surface area (Å²) in [6.07, 6.45) is -3.34. The highest BCUT2D eigenvalue weighted by Gasteiger charge is 2.38. The molecule has 0 amide bonds. The van der Waals surface area contributed by atoms with Crippen molar-refractivity contribution in [1.29, 1.82) is 0 Å². The third kappa shape index (κ3) is 3.80. The van der Waals surface area contributed by atoms with Crippen LogP contribution in [0.4, 0.5) is 18.9 Å². The molecule has 8 heteroatoms. The minimum absolute atomic E-state index is 0.157. The van der Waals surface area contributed by atoms with Gasteiger partial charge in [-0.05, 0) is 23.3 Å². The van der Waals surface area contributed by atoms with E-state index in [0.29, 0.717) is 5.56 Å². The van der Waals surface area contributed by atoms with Gasteiger partial charge in [0.25, 0.3) is 5.69 Å². The maximum absolute atomic E-state index is 13.0. The number of rotatable bonds is 4. The van der Waals surface area contributed by atoms with Crippen LogP contribution in [0.15, 0.2) is 54.6 Å². The minimum Gasteiger partial charge on any atom is -0.268 e. The molecule has 1 aliphatic heterocycles. The number of hydrogen-bond donors (Lipinski definition) is 1. The van der Waals surface area contributed by atoms with Crippen LogP contribution in [0.25, 0.3) is 5.70 Å². The van der Waals surface area contributed by atoms with Gasteiger partial charge in [-0.1, -0.05) is 36.4 Å². The fourth-order valence-electron chi connectivity index (χ4n) is 2.60. The van der Waals surface area contributed by atoms with Crippen LogP contribution in [0.3, 0.4) is 0 Å². The first kappa shape index (κ1) is 17.0. The van der Waals surface area contributed by atoms with Crippen molar-refractivity contribution in [1.82, 2.24) is 5.48 Å². The van der Waals surface area contributed by atoms with Gasteiger partial charge >= 0.3 is 6.18 Å². The topological polar surface area (TPSA) is 64.4 Å². The highest BCUT2D eigenvalue weighted by molar-refractivity contribution is 5.64. The number of nitrogens with one attached hydrogen (secondary N) is 1. The molecule has 0 radical (unpaired) electrons. The van der Waals surface area contributed by atoms with Crippen molar-refractivity contribution < 1.29 is 22.9 Å². The third-order valence-electron chi connectivity index (χ3n) is 3.76. The van der Waals surface area contributed by atoms with Crippen LogP contribution in [0.5, 0.6) is 0 Å². The molecule has 1 aliphatic rings. The first-order valence-corrected chi connectivity index (χ1v) is 7.38. The number of nitro benzene ring substituents is 1. The van der Waals surface area contributed by atoms with Gasteiger partial charge in [-0.15, -0.1) is 0 Å². The summed E-state index contributed by atoms with van der Waals surface area (Å²) in [5.74, 6) is 0. The molecule has 25 heavy (non-hydrogen) atoms. The minimum atomic E-state index is -4.79. The molecule has 0 bridgehead atoms. The normalized spacial score (nSPS) is 17.1. The summed E-state index contributed by atoms with van der Waals surface area (Å²) < 4.78 is 39.1. The van der Waals surface area contributed by atoms with Gasteiger partial charge < -0.3 is 0 Å². The van der Waals surface area contributed by atoms with Gasteiger partial charge in [0.1, 0.15) is 11.7 Å². The van der Waals surface area contributed by atoms with E-state index in [9.17, 15) is 23.3 Å². The average molecular weight is 350 g/mol. The largest absolute Gasteiger partial charge is 0.423 e. The van der Waals surface area contributed by atoms with Gasteiger partial charge in [0.05, 0.1) is 10.6 Å². The molecule has 2 aromatic rings. The van der Waals surface area contributed by atoms with Gasteiger partial charge in [0.2, 0.25) is 0 Å². The molecule has 5 nitrogen and oxygen atoms in total. The van der Waals surface area contributed by atoms with E-state index in [-0.39, 0.29) is 6.42 Å². The second-order valence-electron chi connectivity index (χ2n) is 5.52. The van der Waals surface area contributed by atoms with Gasteiger partial charge in [-0.3, -0.25) is 20.4 Å². The number of hydroxylamine groups is 1. The van der Waals surface area contributed by atoms with Crippen molar-refractivity contribution in [3.05, 3.63) is 81.4 Å². The lowest BCUT2D eigenvalue weighted by molar-refractivity contribution is -0.388. The smallest absolute Gasteiger partial charge is 0.268 e. The fourth-order valence-corrected chi connectivity index (χ4v) is 2.60. The van der Waals surface area contributed by atoms with Crippen LogP contribution >= 0.6 is 0 Å². The lowest BCUT2D eigenvalue weighted by Gasteiger charge is -2.11. The van der Waals surface area contributed by atoms with Crippen molar-refractivity contribution in [3.8, 4) is 0 Å². The highest BCUT2D eigenvalue weighted by Crippen LogP contribution is 2.37. The van der Waals surface area contributed by atoms with Crippen molar-refractivity contribution in [3.63, 3.8) is 0 Å². The lowest BCUT2D eigenvalue weighted by atomic mass is 10.0. The molecule has 1 N–H and O–H groups in total. The molecular weight excluding hydrogens is 337 g/mol. The summed E-state index contributed by atoms with van der Waals surface area (Å²) in [5.41, 5.74) is 2.46. The molecule has 2 aromatic carbocycles. The molecule has 3 rings (SSSR count). The molecule has 130 valence electrons. The zero-order chi connectivity index (χ0) is 18.0. The second kappa shape index (κ2) is 6.56. The zero-order valence-corrected chi connectivity index (χ0v) is 12.8. The number of nitrogens with zero attached hydrogens (tertiary/aromatic N) is 1. The van der Waals surface area contributed by atoms with Crippen LogP contribution in [0.2, 0.25) is 0 Å². The molecule has 0 fully saturated rings. The molecule has 0 saturated heterocycles. The maximum atomic E-state index is 13.0. The molecule has 1 atom stereocenters. The predicted octanol–water partition coefficient (Wildman–Crippen LogP) is 4.10. The third-order valence-corrected chi connectivity index (χ3v) is 3.76. The lowest BCUT2D eigenvalue weighted by Crippen LogP contribution is -2.15.